The minimum absolute atomic E-state index is 0.138. The average Bonchev–Trinajstić information content (AvgIpc) is 1.75. The first-order valence-electron chi connectivity index (χ1n) is 5.15. The van der Waals surface area contributed by atoms with Crippen molar-refractivity contribution in [2.75, 3.05) is 0 Å². The van der Waals surface area contributed by atoms with Gasteiger partial charge >= 0.3 is 0 Å². The molecule has 0 atom stereocenters. The van der Waals surface area contributed by atoms with Crippen LogP contribution in [0.25, 0.3) is 0 Å². The predicted octanol–water partition coefficient (Wildman–Crippen LogP) is 0.995. The summed E-state index contributed by atoms with van der Waals surface area (Å²) in [5.74, 6) is 1.72. The van der Waals surface area contributed by atoms with Gasteiger partial charge in [-0.1, -0.05) is 0 Å². The maximum Gasteiger partial charge on any atom is 0.0177 e. The van der Waals surface area contributed by atoms with Gasteiger partial charge in [0.1, 0.15) is 0 Å². The molecule has 4 saturated carbocycles. The van der Waals surface area contributed by atoms with Gasteiger partial charge in [0.05, 0.1) is 0 Å². The lowest BCUT2D eigenvalue weighted by Crippen LogP contribution is -2.66. The highest BCUT2D eigenvalue weighted by Gasteiger charge is 2.54. The zero-order chi connectivity index (χ0) is 8.40. The molecule has 4 fully saturated rings. The van der Waals surface area contributed by atoms with Crippen LogP contribution in [0.5, 0.6) is 0 Å². The summed E-state index contributed by atoms with van der Waals surface area (Å²) in [5.41, 5.74) is 12.9. The monoisotopic (exact) mass is 166 g/mol. The number of rotatable bonds is 0. The summed E-state index contributed by atoms with van der Waals surface area (Å²) in [6.07, 6.45) is 7.51. The summed E-state index contributed by atoms with van der Waals surface area (Å²) in [6, 6.07) is 0. The summed E-state index contributed by atoms with van der Waals surface area (Å²) in [7, 11) is 0. The summed E-state index contributed by atoms with van der Waals surface area (Å²) >= 11 is 0. The zero-order valence-electron chi connectivity index (χ0n) is 7.55. The molecule has 0 unspecified atom stereocenters. The molecular formula is C10H18N2. The minimum atomic E-state index is 0.138. The lowest BCUT2D eigenvalue weighted by atomic mass is 9.50. The van der Waals surface area contributed by atoms with Crippen LogP contribution < -0.4 is 11.5 Å². The van der Waals surface area contributed by atoms with E-state index < -0.39 is 0 Å². The molecule has 0 aliphatic heterocycles. The third-order valence-corrected chi connectivity index (χ3v) is 4.15. The van der Waals surface area contributed by atoms with Crippen LogP contribution in [0.3, 0.4) is 0 Å². The number of hydrogen-bond acceptors (Lipinski definition) is 2. The minimum Gasteiger partial charge on any atom is -0.325 e. The quantitative estimate of drug-likeness (QED) is 0.564. The van der Waals surface area contributed by atoms with E-state index in [0.717, 1.165) is 18.3 Å². The summed E-state index contributed by atoms with van der Waals surface area (Å²) in [4.78, 5) is 0. The molecule has 4 aliphatic rings. The second-order valence-electron chi connectivity index (χ2n) is 5.69. The molecule has 2 nitrogen and oxygen atoms in total. The molecule has 0 aromatic rings. The van der Waals surface area contributed by atoms with E-state index in [1.807, 2.05) is 0 Å². The van der Waals surface area contributed by atoms with Gasteiger partial charge in [-0.3, -0.25) is 0 Å². The van der Waals surface area contributed by atoms with Crippen molar-refractivity contribution in [3.8, 4) is 0 Å². The highest BCUT2D eigenvalue weighted by atomic mass is 14.9. The van der Waals surface area contributed by atoms with Gasteiger partial charge in [-0.25, -0.2) is 0 Å². The van der Waals surface area contributed by atoms with Crippen LogP contribution in [0.1, 0.15) is 38.5 Å². The fourth-order valence-corrected chi connectivity index (χ4v) is 4.41. The SMILES string of the molecule is N[C@]12CC3CC(C[C@](N)(C3)C1)C2. The molecule has 0 heterocycles. The maximum absolute atomic E-state index is 6.33. The van der Waals surface area contributed by atoms with Crippen LogP contribution in [0.2, 0.25) is 0 Å². The Morgan fingerprint density at radius 2 is 1.25 bits per heavy atom. The Hall–Kier alpha value is -0.0800. The van der Waals surface area contributed by atoms with Gasteiger partial charge in [0, 0.05) is 11.1 Å². The average molecular weight is 166 g/mol. The molecule has 0 aromatic heterocycles. The predicted molar refractivity (Wildman–Crippen MR) is 48.5 cm³/mol. The fourth-order valence-electron chi connectivity index (χ4n) is 4.41. The van der Waals surface area contributed by atoms with Crippen molar-refractivity contribution in [1.29, 1.82) is 0 Å². The standard InChI is InChI=1S/C10H18N2/c11-9-2-7-1-8(4-9)5-10(12,3-7)6-9/h7-8H,1-6,11-12H2/t7?,8?,9-,10+. The Balaban J connectivity index is 1.98. The van der Waals surface area contributed by atoms with Crippen molar-refractivity contribution in [2.45, 2.75) is 49.6 Å². The first-order valence-corrected chi connectivity index (χ1v) is 5.15. The van der Waals surface area contributed by atoms with Gasteiger partial charge in [0.15, 0.2) is 0 Å². The molecular weight excluding hydrogens is 148 g/mol. The van der Waals surface area contributed by atoms with Gasteiger partial charge in [-0.2, -0.15) is 0 Å². The molecule has 12 heavy (non-hydrogen) atoms. The summed E-state index contributed by atoms with van der Waals surface area (Å²) < 4.78 is 0. The fraction of sp³-hybridized carbons (Fsp3) is 1.00. The van der Waals surface area contributed by atoms with E-state index in [1.165, 1.54) is 32.1 Å². The highest BCUT2D eigenvalue weighted by molar-refractivity contribution is 5.13. The van der Waals surface area contributed by atoms with Crippen LogP contribution in [0.4, 0.5) is 0 Å². The zero-order valence-corrected chi connectivity index (χ0v) is 7.55. The van der Waals surface area contributed by atoms with Crippen molar-refractivity contribution in [3.05, 3.63) is 0 Å². The van der Waals surface area contributed by atoms with Crippen molar-refractivity contribution in [1.82, 2.24) is 0 Å². The van der Waals surface area contributed by atoms with E-state index in [9.17, 15) is 0 Å². The molecule has 0 aromatic carbocycles. The first kappa shape index (κ1) is 7.34. The van der Waals surface area contributed by atoms with Gasteiger partial charge in [-0.15, -0.1) is 0 Å². The Bertz CT molecular complexity index is 190. The second-order valence-corrected chi connectivity index (χ2v) is 5.69. The van der Waals surface area contributed by atoms with Gasteiger partial charge < -0.3 is 11.5 Å². The number of nitrogens with two attached hydrogens (primary N) is 2. The third kappa shape index (κ3) is 0.882. The number of hydrogen-bond donors (Lipinski definition) is 2. The largest absolute Gasteiger partial charge is 0.325 e. The molecule has 0 spiro atoms. The van der Waals surface area contributed by atoms with E-state index in [-0.39, 0.29) is 11.1 Å². The topological polar surface area (TPSA) is 52.0 Å². The maximum atomic E-state index is 6.33. The van der Waals surface area contributed by atoms with E-state index >= 15 is 0 Å². The Morgan fingerprint density at radius 3 is 1.58 bits per heavy atom. The van der Waals surface area contributed by atoms with E-state index in [4.69, 9.17) is 11.5 Å². The van der Waals surface area contributed by atoms with Crippen LogP contribution in [0.15, 0.2) is 0 Å². The van der Waals surface area contributed by atoms with Gasteiger partial charge in [0.2, 0.25) is 0 Å². The Labute approximate surface area is 73.7 Å². The van der Waals surface area contributed by atoms with Crippen molar-refractivity contribution in [2.24, 2.45) is 23.3 Å². The third-order valence-electron chi connectivity index (χ3n) is 4.15. The molecule has 0 radical (unpaired) electrons. The normalized spacial score (nSPS) is 62.5. The molecule has 0 amide bonds. The summed E-state index contributed by atoms with van der Waals surface area (Å²) in [5, 5.41) is 0. The Morgan fingerprint density at radius 1 is 0.833 bits per heavy atom. The van der Waals surface area contributed by atoms with Crippen molar-refractivity contribution < 1.29 is 0 Å². The lowest BCUT2D eigenvalue weighted by Gasteiger charge is -2.59. The highest BCUT2D eigenvalue weighted by Crippen LogP contribution is 2.55. The van der Waals surface area contributed by atoms with E-state index in [2.05, 4.69) is 0 Å². The molecule has 2 heteroatoms. The van der Waals surface area contributed by atoms with E-state index in [0.29, 0.717) is 0 Å². The van der Waals surface area contributed by atoms with Crippen molar-refractivity contribution >= 4 is 0 Å². The van der Waals surface area contributed by atoms with Crippen LogP contribution in [0, 0.1) is 11.8 Å². The Kier molecular flexibility index (Phi) is 1.15. The first-order chi connectivity index (χ1) is 5.57. The van der Waals surface area contributed by atoms with Gasteiger partial charge in [0.25, 0.3) is 0 Å². The molecule has 68 valence electrons. The molecule has 4 bridgehead atoms. The van der Waals surface area contributed by atoms with Crippen LogP contribution >= 0.6 is 0 Å². The molecule has 4 N–H and O–H groups in total. The lowest BCUT2D eigenvalue weighted by molar-refractivity contribution is -0.0173. The van der Waals surface area contributed by atoms with Gasteiger partial charge in [-0.05, 0) is 50.4 Å². The molecule has 4 aliphatic carbocycles. The molecule has 4 rings (SSSR count). The smallest absolute Gasteiger partial charge is 0.0177 e. The van der Waals surface area contributed by atoms with Crippen LogP contribution in [-0.4, -0.2) is 11.1 Å². The van der Waals surface area contributed by atoms with E-state index in [1.54, 1.807) is 0 Å². The summed E-state index contributed by atoms with van der Waals surface area (Å²) in [6.45, 7) is 0. The second kappa shape index (κ2) is 1.88. The van der Waals surface area contributed by atoms with Crippen LogP contribution in [-0.2, 0) is 0 Å². The van der Waals surface area contributed by atoms with Crippen molar-refractivity contribution in [3.63, 3.8) is 0 Å². The molecule has 0 saturated heterocycles.